The van der Waals surface area contributed by atoms with Gasteiger partial charge >= 0.3 is 5.97 Å². The van der Waals surface area contributed by atoms with Gasteiger partial charge in [-0.1, -0.05) is 60.7 Å². The molecule has 160 valence electrons. The van der Waals surface area contributed by atoms with E-state index in [9.17, 15) is 19.5 Å². The standard InChI is InChI=1S/C25H20N2O5/c28-23-20-21(17-11-13-18(14-12-17)25(30)31)27(19-9-5-2-6-10-19)32-22(20)24(29)26(23)15-16-7-3-1-4-8-16/h1-14,20-22H,15H2,(H,30,31)/t20-,21-,22+/m1/s1. The van der Waals surface area contributed by atoms with Crippen LogP contribution in [0.4, 0.5) is 5.69 Å². The Morgan fingerprint density at radius 1 is 0.844 bits per heavy atom. The topological polar surface area (TPSA) is 87.2 Å². The summed E-state index contributed by atoms with van der Waals surface area (Å²) < 4.78 is 0. The fourth-order valence-corrected chi connectivity index (χ4v) is 4.35. The Bertz CT molecular complexity index is 1160. The molecule has 2 aliphatic heterocycles. The number of carbonyl (C=O) groups is 3. The van der Waals surface area contributed by atoms with E-state index >= 15 is 0 Å². The maximum absolute atomic E-state index is 13.4. The molecule has 0 spiro atoms. The molecule has 3 atom stereocenters. The average molecular weight is 428 g/mol. The SMILES string of the molecule is O=C(O)c1ccc([C@@H]2[C@H]3C(=O)N(Cc4ccccc4)C(=O)[C@H]3ON2c2ccccc2)cc1. The molecule has 0 saturated carbocycles. The van der Waals surface area contributed by atoms with Crippen molar-refractivity contribution in [1.82, 2.24) is 4.90 Å². The third-order valence-corrected chi connectivity index (χ3v) is 5.90. The van der Waals surface area contributed by atoms with Gasteiger partial charge in [0.1, 0.15) is 5.92 Å². The number of benzene rings is 3. The number of anilines is 1. The number of imide groups is 1. The molecule has 2 heterocycles. The minimum Gasteiger partial charge on any atom is -0.478 e. The summed E-state index contributed by atoms with van der Waals surface area (Å²) in [4.78, 5) is 45.2. The van der Waals surface area contributed by atoms with E-state index in [0.717, 1.165) is 5.56 Å². The Morgan fingerprint density at radius 3 is 2.09 bits per heavy atom. The number of amides is 2. The highest BCUT2D eigenvalue weighted by atomic mass is 16.7. The number of likely N-dealkylation sites (tertiary alicyclic amines) is 1. The van der Waals surface area contributed by atoms with Crippen LogP contribution < -0.4 is 5.06 Å². The van der Waals surface area contributed by atoms with Gasteiger partial charge in [0.05, 0.1) is 23.8 Å². The molecule has 3 aromatic carbocycles. The van der Waals surface area contributed by atoms with Gasteiger partial charge in [0.15, 0.2) is 6.10 Å². The molecule has 5 rings (SSSR count). The number of nitrogens with zero attached hydrogens (tertiary/aromatic N) is 2. The fourth-order valence-electron chi connectivity index (χ4n) is 4.35. The summed E-state index contributed by atoms with van der Waals surface area (Å²) in [5.41, 5.74) is 2.42. The first-order chi connectivity index (χ1) is 15.5. The van der Waals surface area contributed by atoms with E-state index in [1.807, 2.05) is 60.7 Å². The van der Waals surface area contributed by atoms with Crippen LogP contribution in [0.1, 0.15) is 27.5 Å². The average Bonchev–Trinajstić information content (AvgIpc) is 3.32. The molecule has 7 heteroatoms. The van der Waals surface area contributed by atoms with E-state index in [-0.39, 0.29) is 23.9 Å². The zero-order valence-corrected chi connectivity index (χ0v) is 17.0. The van der Waals surface area contributed by atoms with Crippen molar-refractivity contribution in [2.75, 3.05) is 5.06 Å². The van der Waals surface area contributed by atoms with Gasteiger partial charge in [-0.3, -0.25) is 19.3 Å². The van der Waals surface area contributed by atoms with Crippen LogP contribution >= 0.6 is 0 Å². The van der Waals surface area contributed by atoms with Crippen molar-refractivity contribution in [3.63, 3.8) is 0 Å². The maximum atomic E-state index is 13.4. The highest BCUT2D eigenvalue weighted by molar-refractivity contribution is 6.07. The van der Waals surface area contributed by atoms with Crippen LogP contribution in [0, 0.1) is 5.92 Å². The number of para-hydroxylation sites is 1. The van der Waals surface area contributed by atoms with Crippen LogP contribution in [0.25, 0.3) is 0 Å². The van der Waals surface area contributed by atoms with E-state index in [0.29, 0.717) is 11.3 Å². The van der Waals surface area contributed by atoms with Crippen LogP contribution in [0.15, 0.2) is 84.9 Å². The lowest BCUT2D eigenvalue weighted by molar-refractivity contribution is -0.143. The number of fused-ring (bicyclic) bond motifs is 1. The number of hydrogen-bond acceptors (Lipinski definition) is 5. The van der Waals surface area contributed by atoms with Gasteiger partial charge in [-0.05, 0) is 35.4 Å². The number of hydrogen-bond donors (Lipinski definition) is 1. The van der Waals surface area contributed by atoms with Crippen LogP contribution in [0.3, 0.4) is 0 Å². The molecule has 2 saturated heterocycles. The van der Waals surface area contributed by atoms with Crippen LogP contribution in [0.2, 0.25) is 0 Å². The number of carboxylic acid groups (broad SMARTS) is 1. The molecule has 2 fully saturated rings. The minimum absolute atomic E-state index is 0.148. The van der Waals surface area contributed by atoms with Crippen LogP contribution in [-0.2, 0) is 21.0 Å². The molecule has 2 amide bonds. The molecule has 1 N–H and O–H groups in total. The van der Waals surface area contributed by atoms with Gasteiger partial charge in [0.2, 0.25) is 5.91 Å². The smallest absolute Gasteiger partial charge is 0.335 e. The zero-order valence-electron chi connectivity index (χ0n) is 17.0. The summed E-state index contributed by atoms with van der Waals surface area (Å²) >= 11 is 0. The summed E-state index contributed by atoms with van der Waals surface area (Å²) in [7, 11) is 0. The van der Waals surface area contributed by atoms with Crippen molar-refractivity contribution in [3.8, 4) is 0 Å². The molecule has 7 nitrogen and oxygen atoms in total. The summed E-state index contributed by atoms with van der Waals surface area (Å²) in [5.74, 6) is -2.43. The Morgan fingerprint density at radius 2 is 1.47 bits per heavy atom. The van der Waals surface area contributed by atoms with Crippen LogP contribution in [0.5, 0.6) is 0 Å². The maximum Gasteiger partial charge on any atom is 0.335 e. The van der Waals surface area contributed by atoms with Crippen molar-refractivity contribution in [2.24, 2.45) is 5.92 Å². The largest absolute Gasteiger partial charge is 0.478 e. The molecular weight excluding hydrogens is 408 g/mol. The molecule has 2 aliphatic rings. The zero-order chi connectivity index (χ0) is 22.2. The van der Waals surface area contributed by atoms with Gasteiger partial charge in [0.25, 0.3) is 5.91 Å². The monoisotopic (exact) mass is 428 g/mol. The van der Waals surface area contributed by atoms with Crippen molar-refractivity contribution in [3.05, 3.63) is 102 Å². The van der Waals surface area contributed by atoms with Crippen molar-refractivity contribution in [2.45, 2.75) is 18.7 Å². The Hall–Kier alpha value is -3.97. The van der Waals surface area contributed by atoms with E-state index in [1.165, 1.54) is 17.0 Å². The van der Waals surface area contributed by atoms with Gasteiger partial charge in [-0.2, -0.15) is 0 Å². The van der Waals surface area contributed by atoms with Crippen molar-refractivity contribution in [1.29, 1.82) is 0 Å². The molecule has 0 unspecified atom stereocenters. The summed E-state index contributed by atoms with van der Waals surface area (Å²) in [6.07, 6.45) is -0.935. The normalized spacial score (nSPS) is 22.3. The van der Waals surface area contributed by atoms with E-state index in [2.05, 4.69) is 0 Å². The molecule has 32 heavy (non-hydrogen) atoms. The highest BCUT2D eigenvalue weighted by Crippen LogP contribution is 2.46. The van der Waals surface area contributed by atoms with Gasteiger partial charge < -0.3 is 5.11 Å². The van der Waals surface area contributed by atoms with E-state index in [1.54, 1.807) is 17.2 Å². The first kappa shape index (κ1) is 20.0. The Kier molecular flexibility index (Phi) is 4.95. The lowest BCUT2D eigenvalue weighted by atomic mass is 9.90. The van der Waals surface area contributed by atoms with E-state index < -0.39 is 24.0 Å². The predicted octanol–water partition coefficient (Wildman–Crippen LogP) is 3.43. The molecule has 0 bridgehead atoms. The lowest BCUT2D eigenvalue weighted by Gasteiger charge is -2.28. The number of hydroxylamine groups is 1. The number of carboxylic acids is 1. The molecule has 0 radical (unpaired) electrons. The second-order valence-electron chi connectivity index (χ2n) is 7.83. The van der Waals surface area contributed by atoms with Gasteiger partial charge in [-0.15, -0.1) is 0 Å². The fraction of sp³-hybridized carbons (Fsp3) is 0.160. The lowest BCUT2D eigenvalue weighted by Crippen LogP contribution is -2.36. The van der Waals surface area contributed by atoms with Gasteiger partial charge in [0, 0.05) is 0 Å². The highest BCUT2D eigenvalue weighted by Gasteiger charge is 2.59. The molecule has 3 aromatic rings. The number of rotatable bonds is 5. The van der Waals surface area contributed by atoms with Crippen molar-refractivity contribution >= 4 is 23.5 Å². The van der Waals surface area contributed by atoms with E-state index in [4.69, 9.17) is 4.84 Å². The third-order valence-electron chi connectivity index (χ3n) is 5.90. The number of carbonyl (C=O) groups excluding carboxylic acids is 2. The minimum atomic E-state index is -1.03. The Balaban J connectivity index is 1.52. The third kappa shape index (κ3) is 3.33. The van der Waals surface area contributed by atoms with Gasteiger partial charge in [-0.25, -0.2) is 9.86 Å². The molecule has 0 aliphatic carbocycles. The molecular formula is C25H20N2O5. The Labute approximate surface area is 184 Å². The summed E-state index contributed by atoms with van der Waals surface area (Å²) in [5, 5.41) is 10.8. The van der Waals surface area contributed by atoms with Crippen molar-refractivity contribution < 1.29 is 24.3 Å². The predicted molar refractivity (Wildman–Crippen MR) is 115 cm³/mol. The molecule has 0 aromatic heterocycles. The first-order valence-corrected chi connectivity index (χ1v) is 10.3. The van der Waals surface area contributed by atoms with Crippen LogP contribution in [-0.4, -0.2) is 33.9 Å². The second kappa shape index (κ2) is 7.94. The summed E-state index contributed by atoms with van der Waals surface area (Å²) in [6.45, 7) is 0.185. The first-order valence-electron chi connectivity index (χ1n) is 10.3. The second-order valence-corrected chi connectivity index (χ2v) is 7.83. The summed E-state index contributed by atoms with van der Waals surface area (Å²) in [6, 6.07) is 24.4. The quantitative estimate of drug-likeness (QED) is 0.627. The number of aromatic carboxylic acids is 1.